The molecule has 0 unspecified atom stereocenters. The average Bonchev–Trinajstić information content (AvgIpc) is 2.93. The summed E-state index contributed by atoms with van der Waals surface area (Å²) < 4.78 is 1.63. The summed E-state index contributed by atoms with van der Waals surface area (Å²) in [4.78, 5) is 0. The third-order valence-corrected chi connectivity index (χ3v) is 5.66. The minimum Gasteiger partial charge on any atom is -0.515 e. The molecule has 0 aliphatic carbocycles. The molecule has 0 aliphatic heterocycles. The molecule has 0 aliphatic rings. The maximum Gasteiger partial charge on any atom is 0.0885 e. The van der Waals surface area contributed by atoms with Gasteiger partial charge in [-0.15, -0.1) is 22.7 Å². The molecule has 6 heteroatoms. The molecule has 2 nitrogen and oxygen atoms in total. The molecule has 0 fully saturated rings. The number of hydrogen-bond acceptors (Lipinski definition) is 4. The van der Waals surface area contributed by atoms with Crippen LogP contribution in [0.4, 0.5) is 0 Å². The number of hydrogen-bond donors (Lipinski definition) is 2. The molecule has 0 saturated heterocycles. The third-order valence-electron chi connectivity index (χ3n) is 2.78. The van der Waals surface area contributed by atoms with Crippen molar-refractivity contribution in [3.05, 3.63) is 31.2 Å². The quantitative estimate of drug-likeness (QED) is 0.657. The van der Waals surface area contributed by atoms with E-state index >= 15 is 0 Å². The Morgan fingerprint density at radius 3 is 1.56 bits per heavy atom. The summed E-state index contributed by atoms with van der Waals surface area (Å²) in [5.41, 5.74) is 0. The van der Waals surface area contributed by atoms with Crippen LogP contribution in [0.3, 0.4) is 0 Å². The lowest BCUT2D eigenvalue weighted by Crippen LogP contribution is -2.11. The van der Waals surface area contributed by atoms with Crippen LogP contribution in [0.1, 0.15) is 0 Å². The van der Waals surface area contributed by atoms with Crippen molar-refractivity contribution in [2.45, 2.75) is 0 Å². The molecule has 3 aromatic rings. The molecule has 0 bridgehead atoms. The summed E-state index contributed by atoms with van der Waals surface area (Å²) in [5, 5.41) is 26.4. The van der Waals surface area contributed by atoms with Crippen molar-refractivity contribution in [2.75, 3.05) is 0 Å². The number of thiophene rings is 2. The lowest BCUT2D eigenvalue weighted by Gasteiger charge is -1.99. The predicted molar refractivity (Wildman–Crippen MR) is 80.7 cm³/mol. The molecule has 0 radical (unpaired) electrons. The molecule has 0 saturated carbocycles. The van der Waals surface area contributed by atoms with E-state index in [-0.39, 0.29) is 0 Å². The van der Waals surface area contributed by atoms with Gasteiger partial charge in [-0.1, -0.05) is 23.2 Å². The first kappa shape index (κ1) is 12.1. The first-order valence-electron chi connectivity index (χ1n) is 4.93. The summed E-state index contributed by atoms with van der Waals surface area (Å²) in [6, 6.07) is 0. The van der Waals surface area contributed by atoms with Crippen molar-refractivity contribution in [3.63, 3.8) is 0 Å². The van der Waals surface area contributed by atoms with Gasteiger partial charge < -0.3 is 10.2 Å². The molecule has 2 heterocycles. The molecule has 0 amide bonds. The van der Waals surface area contributed by atoms with Crippen LogP contribution in [-0.4, -0.2) is 10.2 Å². The van der Waals surface area contributed by atoms with E-state index in [4.69, 9.17) is 23.2 Å². The first-order valence-corrected chi connectivity index (χ1v) is 7.44. The summed E-state index contributed by atoms with van der Waals surface area (Å²) in [5.74, 6) is 0. The number of aliphatic hydroxyl groups is 2. The molecule has 1 aromatic carbocycles. The first-order chi connectivity index (χ1) is 8.69. The highest BCUT2D eigenvalue weighted by Gasteiger charge is 2.14. The van der Waals surface area contributed by atoms with Gasteiger partial charge in [-0.05, 0) is 0 Å². The van der Waals surface area contributed by atoms with E-state index in [1.165, 1.54) is 22.7 Å². The van der Waals surface area contributed by atoms with Crippen molar-refractivity contribution < 1.29 is 10.2 Å². The standard InChI is InChI=1S/C12H6Cl2O2S2/c13-7-3-18-12-6(2-16)10-8(14)4-17-11(10)5(1-15)9(7)12/h1-4,15-16H/b5-1-,6-2-. The number of benzene rings is 1. The van der Waals surface area contributed by atoms with Crippen LogP contribution < -0.4 is 10.4 Å². The van der Waals surface area contributed by atoms with Gasteiger partial charge in [0.05, 0.1) is 22.6 Å². The van der Waals surface area contributed by atoms with E-state index in [1.54, 1.807) is 10.8 Å². The Morgan fingerprint density at radius 1 is 0.833 bits per heavy atom. The van der Waals surface area contributed by atoms with Crippen molar-refractivity contribution in [3.8, 4) is 0 Å². The Balaban J connectivity index is 2.85. The molecule has 2 aromatic heterocycles. The molecular formula is C12H6Cl2O2S2. The summed E-state index contributed by atoms with van der Waals surface area (Å²) in [6.45, 7) is 0. The van der Waals surface area contributed by atoms with Gasteiger partial charge in [-0.2, -0.15) is 0 Å². The fourth-order valence-electron chi connectivity index (χ4n) is 2.05. The molecular weight excluding hydrogens is 311 g/mol. The number of fused-ring (bicyclic) bond motifs is 2. The largest absolute Gasteiger partial charge is 0.515 e. The van der Waals surface area contributed by atoms with Gasteiger partial charge in [-0.3, -0.25) is 0 Å². The van der Waals surface area contributed by atoms with E-state index in [1.807, 2.05) is 0 Å². The van der Waals surface area contributed by atoms with Gasteiger partial charge in [0.1, 0.15) is 0 Å². The highest BCUT2D eigenvalue weighted by Crippen LogP contribution is 2.32. The number of aliphatic hydroxyl groups excluding tert-OH is 2. The molecule has 0 spiro atoms. The molecule has 2 N–H and O–H groups in total. The zero-order valence-electron chi connectivity index (χ0n) is 8.78. The SMILES string of the molecule is O/C=c1\c2scc(Cl)c2/c(=C/O)c2scc(Cl)c12. The number of halogens is 2. The second-order valence-electron chi connectivity index (χ2n) is 3.66. The van der Waals surface area contributed by atoms with E-state index in [2.05, 4.69) is 0 Å². The van der Waals surface area contributed by atoms with E-state index in [9.17, 15) is 10.2 Å². The highest BCUT2D eigenvalue weighted by atomic mass is 35.5. The molecule has 0 atom stereocenters. The van der Waals surface area contributed by atoms with Crippen molar-refractivity contribution in [1.29, 1.82) is 0 Å². The van der Waals surface area contributed by atoms with Crippen molar-refractivity contribution >= 4 is 78.6 Å². The summed E-state index contributed by atoms with van der Waals surface area (Å²) >= 11 is 15.1. The Hall–Kier alpha value is -0.940. The van der Waals surface area contributed by atoms with Gasteiger partial charge >= 0.3 is 0 Å². The van der Waals surface area contributed by atoms with Gasteiger partial charge in [0.15, 0.2) is 0 Å². The van der Waals surface area contributed by atoms with Crippen LogP contribution in [0.15, 0.2) is 10.8 Å². The maximum absolute atomic E-state index is 9.46. The Bertz CT molecular complexity index is 803. The highest BCUT2D eigenvalue weighted by molar-refractivity contribution is 7.19. The topological polar surface area (TPSA) is 40.5 Å². The van der Waals surface area contributed by atoms with Crippen molar-refractivity contribution in [2.24, 2.45) is 0 Å². The van der Waals surface area contributed by atoms with Gasteiger partial charge in [0.25, 0.3) is 0 Å². The van der Waals surface area contributed by atoms with Crippen LogP contribution in [0.2, 0.25) is 10.0 Å². The Labute approximate surface area is 120 Å². The van der Waals surface area contributed by atoms with Gasteiger partial charge in [-0.25, -0.2) is 0 Å². The van der Waals surface area contributed by atoms with E-state index in [0.29, 0.717) is 20.5 Å². The second-order valence-corrected chi connectivity index (χ2v) is 6.23. The average molecular weight is 317 g/mol. The van der Waals surface area contributed by atoms with Gasteiger partial charge in [0.2, 0.25) is 0 Å². The lowest BCUT2D eigenvalue weighted by atomic mass is 10.1. The van der Waals surface area contributed by atoms with Crippen LogP contribution in [0.25, 0.3) is 32.7 Å². The monoisotopic (exact) mass is 316 g/mol. The normalized spacial score (nSPS) is 14.1. The lowest BCUT2D eigenvalue weighted by molar-refractivity contribution is 0.540. The van der Waals surface area contributed by atoms with E-state index < -0.39 is 0 Å². The zero-order chi connectivity index (χ0) is 12.9. The maximum atomic E-state index is 9.46. The van der Waals surface area contributed by atoms with Crippen LogP contribution in [0, 0.1) is 0 Å². The molecule has 18 heavy (non-hydrogen) atoms. The minimum absolute atomic E-state index is 0.560. The van der Waals surface area contributed by atoms with Crippen LogP contribution in [-0.2, 0) is 0 Å². The summed E-state index contributed by atoms with van der Waals surface area (Å²) in [6.07, 6.45) is 2.08. The van der Waals surface area contributed by atoms with Crippen LogP contribution in [0.5, 0.6) is 0 Å². The zero-order valence-corrected chi connectivity index (χ0v) is 11.9. The Morgan fingerprint density at radius 2 is 1.22 bits per heavy atom. The van der Waals surface area contributed by atoms with Crippen LogP contribution >= 0.6 is 45.9 Å². The van der Waals surface area contributed by atoms with Gasteiger partial charge in [0, 0.05) is 41.4 Å². The summed E-state index contributed by atoms with van der Waals surface area (Å²) in [7, 11) is 0. The molecule has 92 valence electrons. The minimum atomic E-state index is 0.560. The van der Waals surface area contributed by atoms with Crippen molar-refractivity contribution in [1.82, 2.24) is 0 Å². The predicted octanol–water partition coefficient (Wildman–Crippen LogP) is 4.01. The fourth-order valence-corrected chi connectivity index (χ4v) is 4.73. The number of rotatable bonds is 0. The second kappa shape index (κ2) is 4.31. The fraction of sp³-hybridized carbons (Fsp3) is 0. The molecule has 3 rings (SSSR count). The van der Waals surface area contributed by atoms with E-state index in [0.717, 1.165) is 32.7 Å². The Kier molecular flexibility index (Phi) is 2.90. The smallest absolute Gasteiger partial charge is 0.0885 e. The third kappa shape index (κ3) is 1.47.